The van der Waals surface area contributed by atoms with E-state index in [2.05, 4.69) is 10.4 Å². The van der Waals surface area contributed by atoms with Crippen molar-refractivity contribution in [2.24, 2.45) is 0 Å². The maximum absolute atomic E-state index is 12.4. The summed E-state index contributed by atoms with van der Waals surface area (Å²) in [5, 5.41) is 15.9. The third-order valence-corrected chi connectivity index (χ3v) is 3.46. The molecule has 1 amide bonds. The number of aromatic nitrogens is 2. The second-order valence-electron chi connectivity index (χ2n) is 5.11. The summed E-state index contributed by atoms with van der Waals surface area (Å²) in [5.74, 6) is -1.63. The third kappa shape index (κ3) is 3.57. The van der Waals surface area contributed by atoms with E-state index in [4.69, 9.17) is 9.84 Å². The Morgan fingerprint density at radius 2 is 1.96 bits per heavy atom. The Labute approximate surface area is 133 Å². The molecule has 0 fully saturated rings. The van der Waals surface area contributed by atoms with Crippen molar-refractivity contribution in [2.45, 2.75) is 19.9 Å². The van der Waals surface area contributed by atoms with Gasteiger partial charge in [-0.3, -0.25) is 4.79 Å². The zero-order valence-electron chi connectivity index (χ0n) is 13.2. The van der Waals surface area contributed by atoms with Gasteiger partial charge in [-0.15, -0.1) is 0 Å². The van der Waals surface area contributed by atoms with E-state index < -0.39 is 17.9 Å². The van der Waals surface area contributed by atoms with Crippen LogP contribution in [0, 0.1) is 13.8 Å². The first-order valence-electron chi connectivity index (χ1n) is 7.10. The minimum absolute atomic E-state index is 0.105. The highest BCUT2D eigenvalue weighted by molar-refractivity contribution is 5.98. The first-order chi connectivity index (χ1) is 11.0. The van der Waals surface area contributed by atoms with Crippen LogP contribution in [-0.4, -0.2) is 46.5 Å². The quantitative estimate of drug-likeness (QED) is 0.838. The molecule has 1 unspecified atom stereocenters. The first kappa shape index (κ1) is 16.7. The lowest BCUT2D eigenvalue weighted by atomic mass is 10.1. The number of aryl methyl sites for hydroxylation is 1. The van der Waals surface area contributed by atoms with E-state index in [1.165, 1.54) is 7.11 Å². The van der Waals surface area contributed by atoms with Crippen LogP contribution in [0.1, 0.15) is 21.7 Å². The Bertz CT molecular complexity index is 710. The number of carbonyl (C=O) groups is 2. The summed E-state index contributed by atoms with van der Waals surface area (Å²) in [6.07, 6.45) is 0. The van der Waals surface area contributed by atoms with Crippen LogP contribution in [0.2, 0.25) is 0 Å². The van der Waals surface area contributed by atoms with Crippen LogP contribution in [0.4, 0.5) is 0 Å². The number of hydrogen-bond donors (Lipinski definition) is 2. The second kappa shape index (κ2) is 7.06. The monoisotopic (exact) mass is 317 g/mol. The van der Waals surface area contributed by atoms with Gasteiger partial charge in [0.05, 0.1) is 29.2 Å². The Morgan fingerprint density at radius 3 is 2.52 bits per heavy atom. The standard InChI is InChI=1S/C16H19N3O4/c1-10-14(15(20)17-13(9-23-3)16(21)22)11(2)19(18-10)12-7-5-4-6-8-12/h4-8,13H,9H2,1-3H3,(H,17,20)(H,21,22). The first-order valence-corrected chi connectivity index (χ1v) is 7.10. The summed E-state index contributed by atoms with van der Waals surface area (Å²) in [6, 6.07) is 8.31. The number of para-hydroxylation sites is 1. The highest BCUT2D eigenvalue weighted by Gasteiger charge is 2.25. The molecule has 1 aromatic heterocycles. The number of amides is 1. The van der Waals surface area contributed by atoms with Crippen LogP contribution in [-0.2, 0) is 9.53 Å². The van der Waals surface area contributed by atoms with Gasteiger partial charge in [-0.05, 0) is 26.0 Å². The van der Waals surface area contributed by atoms with E-state index in [1.54, 1.807) is 18.5 Å². The van der Waals surface area contributed by atoms with Gasteiger partial charge in [0.25, 0.3) is 5.91 Å². The molecule has 122 valence electrons. The molecule has 0 saturated heterocycles. The number of carbonyl (C=O) groups excluding carboxylic acids is 1. The molecule has 2 rings (SSSR count). The Kier molecular flexibility index (Phi) is 5.13. The molecule has 2 N–H and O–H groups in total. The predicted octanol–water partition coefficient (Wildman–Crippen LogP) is 1.32. The molecule has 1 aromatic carbocycles. The minimum atomic E-state index is -1.15. The number of nitrogens with zero attached hydrogens (tertiary/aromatic N) is 2. The number of ether oxygens (including phenoxy) is 1. The number of aliphatic carboxylic acids is 1. The van der Waals surface area contributed by atoms with E-state index in [1.807, 2.05) is 30.3 Å². The fourth-order valence-corrected chi connectivity index (χ4v) is 2.36. The minimum Gasteiger partial charge on any atom is -0.480 e. The number of nitrogens with one attached hydrogen (secondary N) is 1. The van der Waals surface area contributed by atoms with Crippen molar-refractivity contribution in [3.63, 3.8) is 0 Å². The molecule has 1 heterocycles. The molecular weight excluding hydrogens is 298 g/mol. The van der Waals surface area contributed by atoms with Gasteiger partial charge in [0.1, 0.15) is 0 Å². The van der Waals surface area contributed by atoms with Crippen molar-refractivity contribution >= 4 is 11.9 Å². The van der Waals surface area contributed by atoms with Crippen LogP contribution in [0.5, 0.6) is 0 Å². The van der Waals surface area contributed by atoms with Crippen LogP contribution in [0.3, 0.4) is 0 Å². The number of carboxylic acids is 1. The van der Waals surface area contributed by atoms with Gasteiger partial charge >= 0.3 is 5.97 Å². The van der Waals surface area contributed by atoms with E-state index in [0.717, 1.165) is 5.69 Å². The van der Waals surface area contributed by atoms with Crippen LogP contribution in [0.15, 0.2) is 30.3 Å². The lowest BCUT2D eigenvalue weighted by Crippen LogP contribution is -2.44. The van der Waals surface area contributed by atoms with E-state index in [0.29, 0.717) is 17.0 Å². The number of carboxylic acid groups (broad SMARTS) is 1. The van der Waals surface area contributed by atoms with Gasteiger partial charge in [-0.1, -0.05) is 18.2 Å². The molecule has 0 saturated carbocycles. The Morgan fingerprint density at radius 1 is 1.30 bits per heavy atom. The molecule has 0 bridgehead atoms. The highest BCUT2D eigenvalue weighted by Crippen LogP contribution is 2.17. The molecule has 0 spiro atoms. The van der Waals surface area contributed by atoms with Gasteiger partial charge in [-0.2, -0.15) is 5.10 Å². The molecule has 7 heteroatoms. The lowest BCUT2D eigenvalue weighted by molar-refractivity contribution is -0.140. The van der Waals surface area contributed by atoms with Gasteiger partial charge in [0.2, 0.25) is 0 Å². The van der Waals surface area contributed by atoms with Gasteiger partial charge in [0, 0.05) is 7.11 Å². The van der Waals surface area contributed by atoms with E-state index in [9.17, 15) is 9.59 Å². The second-order valence-corrected chi connectivity index (χ2v) is 5.11. The normalized spacial score (nSPS) is 12.0. The summed E-state index contributed by atoms with van der Waals surface area (Å²) in [6.45, 7) is 3.38. The fourth-order valence-electron chi connectivity index (χ4n) is 2.36. The van der Waals surface area contributed by atoms with Gasteiger partial charge in [-0.25, -0.2) is 9.48 Å². The average molecular weight is 317 g/mol. The summed E-state index contributed by atoms with van der Waals surface area (Å²) in [5.41, 5.74) is 2.38. The molecule has 0 radical (unpaired) electrons. The molecule has 23 heavy (non-hydrogen) atoms. The van der Waals surface area contributed by atoms with Crippen molar-refractivity contribution in [1.29, 1.82) is 0 Å². The van der Waals surface area contributed by atoms with E-state index >= 15 is 0 Å². The summed E-state index contributed by atoms with van der Waals surface area (Å²) >= 11 is 0. The lowest BCUT2D eigenvalue weighted by Gasteiger charge is -2.13. The smallest absolute Gasteiger partial charge is 0.328 e. The van der Waals surface area contributed by atoms with Gasteiger partial charge < -0.3 is 15.2 Å². The maximum Gasteiger partial charge on any atom is 0.328 e. The van der Waals surface area contributed by atoms with Crippen LogP contribution < -0.4 is 5.32 Å². The molecular formula is C16H19N3O4. The van der Waals surface area contributed by atoms with Crippen molar-refractivity contribution in [1.82, 2.24) is 15.1 Å². The maximum atomic E-state index is 12.4. The largest absolute Gasteiger partial charge is 0.480 e. The Hall–Kier alpha value is -2.67. The number of benzene rings is 1. The van der Waals surface area contributed by atoms with Crippen molar-refractivity contribution < 1.29 is 19.4 Å². The molecule has 2 aromatic rings. The SMILES string of the molecule is COCC(NC(=O)c1c(C)nn(-c2ccccc2)c1C)C(=O)O. The fraction of sp³-hybridized carbons (Fsp3) is 0.312. The predicted molar refractivity (Wildman–Crippen MR) is 83.8 cm³/mol. The zero-order valence-corrected chi connectivity index (χ0v) is 13.2. The molecule has 7 nitrogen and oxygen atoms in total. The Balaban J connectivity index is 2.31. The zero-order chi connectivity index (χ0) is 17.0. The van der Waals surface area contributed by atoms with E-state index in [-0.39, 0.29) is 6.61 Å². The number of hydrogen-bond acceptors (Lipinski definition) is 4. The van der Waals surface area contributed by atoms with Crippen LogP contribution in [0.25, 0.3) is 5.69 Å². The van der Waals surface area contributed by atoms with Crippen molar-refractivity contribution in [3.05, 3.63) is 47.3 Å². The molecule has 0 aliphatic rings. The molecule has 1 atom stereocenters. The number of rotatable bonds is 6. The molecule has 0 aliphatic carbocycles. The van der Waals surface area contributed by atoms with Crippen LogP contribution >= 0.6 is 0 Å². The average Bonchev–Trinajstić information content (AvgIpc) is 2.82. The summed E-state index contributed by atoms with van der Waals surface area (Å²) in [7, 11) is 1.38. The third-order valence-electron chi connectivity index (χ3n) is 3.46. The number of methoxy groups -OCH3 is 1. The molecule has 0 aliphatic heterocycles. The van der Waals surface area contributed by atoms with Crippen molar-refractivity contribution in [2.75, 3.05) is 13.7 Å². The summed E-state index contributed by atoms with van der Waals surface area (Å²) < 4.78 is 6.48. The highest BCUT2D eigenvalue weighted by atomic mass is 16.5. The van der Waals surface area contributed by atoms with Gasteiger partial charge in [0.15, 0.2) is 6.04 Å². The summed E-state index contributed by atoms with van der Waals surface area (Å²) in [4.78, 5) is 23.6. The topological polar surface area (TPSA) is 93.5 Å². The van der Waals surface area contributed by atoms with Crippen molar-refractivity contribution in [3.8, 4) is 5.69 Å².